The maximum absolute atomic E-state index is 12.5. The van der Waals surface area contributed by atoms with Gasteiger partial charge in [-0.2, -0.15) is 0 Å². The van der Waals surface area contributed by atoms with Crippen LogP contribution in [-0.2, 0) is 17.8 Å². The van der Waals surface area contributed by atoms with Crippen LogP contribution in [-0.4, -0.2) is 16.8 Å². The van der Waals surface area contributed by atoms with E-state index in [1.165, 1.54) is 11.3 Å². The van der Waals surface area contributed by atoms with Gasteiger partial charge in [0.25, 0.3) is 5.91 Å². The number of amides is 2. The van der Waals surface area contributed by atoms with Gasteiger partial charge in [-0.1, -0.05) is 60.7 Å². The molecule has 0 unspecified atom stereocenters. The average molecular weight is 394 g/mol. The van der Waals surface area contributed by atoms with Crippen LogP contribution >= 0.6 is 11.3 Å². The molecule has 0 saturated heterocycles. The van der Waals surface area contributed by atoms with Gasteiger partial charge in [0.05, 0.1) is 18.2 Å². The van der Waals surface area contributed by atoms with Gasteiger partial charge in [0.15, 0.2) is 0 Å². The molecule has 1 atom stereocenters. The third-order valence-electron chi connectivity index (χ3n) is 4.33. The second-order valence-electron chi connectivity index (χ2n) is 6.57. The number of hydrogen-bond acceptors (Lipinski definition) is 4. The monoisotopic (exact) mass is 393 g/mol. The number of rotatable bonds is 7. The zero-order valence-electron chi connectivity index (χ0n) is 15.9. The van der Waals surface area contributed by atoms with Gasteiger partial charge in [-0.05, 0) is 25.0 Å². The number of hydrogen-bond donors (Lipinski definition) is 2. The lowest BCUT2D eigenvalue weighted by molar-refractivity contribution is -0.121. The van der Waals surface area contributed by atoms with E-state index in [0.29, 0.717) is 22.1 Å². The molecule has 0 aliphatic carbocycles. The highest BCUT2D eigenvalue weighted by molar-refractivity contribution is 7.13. The Labute approximate surface area is 168 Å². The van der Waals surface area contributed by atoms with Gasteiger partial charge in [0.2, 0.25) is 5.91 Å². The Morgan fingerprint density at radius 2 is 1.68 bits per heavy atom. The molecule has 0 radical (unpaired) electrons. The highest BCUT2D eigenvalue weighted by Gasteiger charge is 2.18. The van der Waals surface area contributed by atoms with Gasteiger partial charge in [0, 0.05) is 6.54 Å². The molecular formula is C22H23N3O2S. The Morgan fingerprint density at radius 1 is 1.04 bits per heavy atom. The van der Waals surface area contributed by atoms with Crippen LogP contribution in [0, 0.1) is 6.92 Å². The fraction of sp³-hybridized carbons (Fsp3) is 0.227. The predicted octanol–water partition coefficient (Wildman–Crippen LogP) is 3.80. The van der Waals surface area contributed by atoms with Gasteiger partial charge < -0.3 is 10.6 Å². The third kappa shape index (κ3) is 5.27. The van der Waals surface area contributed by atoms with E-state index < -0.39 is 0 Å². The maximum atomic E-state index is 12.5. The lowest BCUT2D eigenvalue weighted by atomic mass is 10.1. The number of aryl methyl sites for hydroxylation is 1. The summed E-state index contributed by atoms with van der Waals surface area (Å²) in [5.41, 5.74) is 2.73. The normalized spacial score (nSPS) is 11.6. The number of benzene rings is 2. The standard InChI is InChI=1S/C22H23N3O2S/c1-15(18-11-7-4-8-12-18)24-19(26)13-20-25-16(2)21(28-20)22(27)23-14-17-9-5-3-6-10-17/h3-12,15H,13-14H2,1-2H3,(H,23,27)(H,24,26)/t15-/m0/s1. The second kappa shape index (κ2) is 9.28. The van der Waals surface area contributed by atoms with E-state index in [4.69, 9.17) is 0 Å². The van der Waals surface area contributed by atoms with Crippen LogP contribution in [0.25, 0.3) is 0 Å². The first kappa shape index (κ1) is 19.8. The van der Waals surface area contributed by atoms with E-state index >= 15 is 0 Å². The minimum Gasteiger partial charge on any atom is -0.349 e. The fourth-order valence-electron chi connectivity index (χ4n) is 2.85. The van der Waals surface area contributed by atoms with Crippen molar-refractivity contribution in [3.05, 3.63) is 87.4 Å². The van der Waals surface area contributed by atoms with Crippen molar-refractivity contribution in [2.45, 2.75) is 32.9 Å². The highest BCUT2D eigenvalue weighted by atomic mass is 32.1. The van der Waals surface area contributed by atoms with Crippen molar-refractivity contribution in [3.63, 3.8) is 0 Å². The van der Waals surface area contributed by atoms with Crippen LogP contribution in [0.2, 0.25) is 0 Å². The molecule has 0 aliphatic rings. The van der Waals surface area contributed by atoms with Crippen molar-refractivity contribution >= 4 is 23.2 Å². The van der Waals surface area contributed by atoms with Crippen LogP contribution in [0.15, 0.2) is 60.7 Å². The summed E-state index contributed by atoms with van der Waals surface area (Å²) in [5, 5.41) is 6.52. The molecule has 28 heavy (non-hydrogen) atoms. The van der Waals surface area contributed by atoms with E-state index in [9.17, 15) is 9.59 Å². The zero-order valence-corrected chi connectivity index (χ0v) is 16.8. The largest absolute Gasteiger partial charge is 0.349 e. The van der Waals surface area contributed by atoms with Crippen molar-refractivity contribution in [1.82, 2.24) is 15.6 Å². The first-order valence-corrected chi connectivity index (χ1v) is 9.97. The number of carbonyl (C=O) groups is 2. The number of thiazole rings is 1. The summed E-state index contributed by atoms with van der Waals surface area (Å²) in [4.78, 5) is 29.8. The quantitative estimate of drug-likeness (QED) is 0.641. The third-order valence-corrected chi connectivity index (χ3v) is 5.49. The Balaban J connectivity index is 1.57. The van der Waals surface area contributed by atoms with Crippen molar-refractivity contribution in [2.24, 2.45) is 0 Å². The van der Waals surface area contributed by atoms with Gasteiger partial charge in [0.1, 0.15) is 9.88 Å². The number of aromatic nitrogens is 1. The van der Waals surface area contributed by atoms with E-state index in [-0.39, 0.29) is 24.3 Å². The minimum atomic E-state index is -0.164. The van der Waals surface area contributed by atoms with Gasteiger partial charge in [-0.3, -0.25) is 9.59 Å². The Morgan fingerprint density at radius 3 is 2.36 bits per heavy atom. The van der Waals surface area contributed by atoms with E-state index in [0.717, 1.165) is 11.1 Å². The molecule has 0 spiro atoms. The lowest BCUT2D eigenvalue weighted by Gasteiger charge is -2.13. The SMILES string of the molecule is Cc1nc(CC(=O)N[C@@H](C)c2ccccc2)sc1C(=O)NCc1ccccc1. The molecule has 1 heterocycles. The molecule has 0 saturated carbocycles. The van der Waals surface area contributed by atoms with Crippen LogP contribution in [0.3, 0.4) is 0 Å². The summed E-state index contributed by atoms with van der Waals surface area (Å²) in [5.74, 6) is -0.274. The summed E-state index contributed by atoms with van der Waals surface area (Å²) < 4.78 is 0. The van der Waals surface area contributed by atoms with Gasteiger partial charge >= 0.3 is 0 Å². The number of nitrogens with one attached hydrogen (secondary N) is 2. The summed E-state index contributed by atoms with van der Waals surface area (Å²) >= 11 is 1.27. The highest BCUT2D eigenvalue weighted by Crippen LogP contribution is 2.19. The summed E-state index contributed by atoms with van der Waals surface area (Å²) in [7, 11) is 0. The van der Waals surface area contributed by atoms with Gasteiger partial charge in [-0.25, -0.2) is 4.98 Å². The number of nitrogens with zero attached hydrogens (tertiary/aromatic N) is 1. The van der Waals surface area contributed by atoms with Crippen LogP contribution in [0.4, 0.5) is 0 Å². The Hall–Kier alpha value is -2.99. The van der Waals surface area contributed by atoms with Gasteiger partial charge in [-0.15, -0.1) is 11.3 Å². The van der Waals surface area contributed by atoms with Crippen LogP contribution in [0.5, 0.6) is 0 Å². The molecule has 0 bridgehead atoms. The molecule has 5 nitrogen and oxygen atoms in total. The Kier molecular flexibility index (Phi) is 6.55. The lowest BCUT2D eigenvalue weighted by Crippen LogP contribution is -2.28. The molecule has 2 aromatic carbocycles. The summed E-state index contributed by atoms with van der Waals surface area (Å²) in [6.45, 7) is 4.20. The van der Waals surface area contributed by atoms with Crippen molar-refractivity contribution in [1.29, 1.82) is 0 Å². The Bertz CT molecular complexity index is 939. The van der Waals surface area contributed by atoms with Crippen LogP contribution in [0.1, 0.15) is 44.5 Å². The van der Waals surface area contributed by atoms with Crippen molar-refractivity contribution in [2.75, 3.05) is 0 Å². The molecule has 1 aromatic heterocycles. The fourth-order valence-corrected chi connectivity index (χ4v) is 3.83. The summed E-state index contributed by atoms with van der Waals surface area (Å²) in [6.07, 6.45) is 0.161. The molecule has 2 N–H and O–H groups in total. The molecule has 6 heteroatoms. The van der Waals surface area contributed by atoms with Crippen molar-refractivity contribution < 1.29 is 9.59 Å². The molecule has 0 aliphatic heterocycles. The second-order valence-corrected chi connectivity index (χ2v) is 7.65. The first-order chi connectivity index (χ1) is 13.5. The molecule has 144 valence electrons. The first-order valence-electron chi connectivity index (χ1n) is 9.15. The van der Waals surface area contributed by atoms with E-state index in [1.807, 2.05) is 67.6 Å². The smallest absolute Gasteiger partial charge is 0.263 e. The summed E-state index contributed by atoms with van der Waals surface area (Å²) in [6, 6.07) is 19.5. The van der Waals surface area contributed by atoms with Crippen molar-refractivity contribution in [3.8, 4) is 0 Å². The zero-order chi connectivity index (χ0) is 19.9. The molecule has 3 aromatic rings. The topological polar surface area (TPSA) is 71.1 Å². The number of carbonyl (C=O) groups excluding carboxylic acids is 2. The van der Waals surface area contributed by atoms with E-state index in [1.54, 1.807) is 6.92 Å². The minimum absolute atomic E-state index is 0.0802. The molecule has 3 rings (SSSR count). The van der Waals surface area contributed by atoms with E-state index in [2.05, 4.69) is 15.6 Å². The predicted molar refractivity (Wildman–Crippen MR) is 111 cm³/mol. The molecule has 0 fully saturated rings. The molecular weight excluding hydrogens is 370 g/mol. The average Bonchev–Trinajstić information content (AvgIpc) is 3.07. The maximum Gasteiger partial charge on any atom is 0.263 e. The van der Waals surface area contributed by atoms with Crippen LogP contribution < -0.4 is 10.6 Å². The molecule has 2 amide bonds.